The molecular formula is C15H22N2O. The van der Waals surface area contributed by atoms with Crippen molar-refractivity contribution >= 4 is 5.91 Å². The molecule has 0 unspecified atom stereocenters. The Labute approximate surface area is 109 Å². The van der Waals surface area contributed by atoms with Gasteiger partial charge < -0.3 is 5.32 Å². The maximum absolute atomic E-state index is 11.8. The highest BCUT2D eigenvalue weighted by Gasteiger charge is 2.26. The highest BCUT2D eigenvalue weighted by molar-refractivity contribution is 5.78. The normalized spacial score (nSPS) is 18.2. The molecule has 0 radical (unpaired) electrons. The van der Waals surface area contributed by atoms with Crippen LogP contribution in [0.25, 0.3) is 0 Å². The molecule has 1 aliphatic carbocycles. The highest BCUT2D eigenvalue weighted by Crippen LogP contribution is 2.34. The van der Waals surface area contributed by atoms with Crippen LogP contribution in [0.1, 0.15) is 37.4 Å². The second-order valence-corrected chi connectivity index (χ2v) is 5.39. The molecule has 0 saturated carbocycles. The largest absolute Gasteiger partial charge is 0.353 e. The summed E-state index contributed by atoms with van der Waals surface area (Å²) < 4.78 is 0. The van der Waals surface area contributed by atoms with Crippen LogP contribution in [0.4, 0.5) is 0 Å². The van der Waals surface area contributed by atoms with Crippen LogP contribution in [0.2, 0.25) is 0 Å². The van der Waals surface area contributed by atoms with Gasteiger partial charge in [-0.1, -0.05) is 24.3 Å². The Morgan fingerprint density at radius 2 is 2.17 bits per heavy atom. The predicted molar refractivity (Wildman–Crippen MR) is 73.4 cm³/mol. The van der Waals surface area contributed by atoms with E-state index in [2.05, 4.69) is 34.5 Å². The van der Waals surface area contributed by atoms with Crippen molar-refractivity contribution in [2.45, 2.75) is 38.8 Å². The van der Waals surface area contributed by atoms with Crippen LogP contribution in [0.15, 0.2) is 24.3 Å². The zero-order valence-corrected chi connectivity index (χ0v) is 11.4. The molecule has 0 saturated heterocycles. The molecule has 1 aromatic carbocycles. The van der Waals surface area contributed by atoms with Crippen molar-refractivity contribution in [3.8, 4) is 0 Å². The van der Waals surface area contributed by atoms with E-state index in [9.17, 15) is 4.79 Å². The molecule has 0 spiro atoms. The summed E-state index contributed by atoms with van der Waals surface area (Å²) >= 11 is 0. The molecule has 0 aromatic heterocycles. The summed E-state index contributed by atoms with van der Waals surface area (Å²) in [6, 6.07) is 9.15. The zero-order valence-electron chi connectivity index (χ0n) is 11.4. The molecule has 1 aliphatic rings. The second-order valence-electron chi connectivity index (χ2n) is 5.39. The van der Waals surface area contributed by atoms with Gasteiger partial charge in [0.05, 0.1) is 6.54 Å². The van der Waals surface area contributed by atoms with Crippen molar-refractivity contribution in [3.63, 3.8) is 0 Å². The molecule has 3 nitrogen and oxygen atoms in total. The summed E-state index contributed by atoms with van der Waals surface area (Å²) in [5.74, 6) is 0.108. The number of carbonyl (C=O) groups is 1. The van der Waals surface area contributed by atoms with Crippen molar-refractivity contribution in [1.29, 1.82) is 0 Å². The summed E-state index contributed by atoms with van der Waals surface area (Å²) in [5, 5.41) is 2.94. The minimum Gasteiger partial charge on any atom is -0.353 e. The molecular weight excluding hydrogens is 224 g/mol. The third kappa shape index (κ3) is 2.91. The molecule has 1 N–H and O–H groups in total. The van der Waals surface area contributed by atoms with Gasteiger partial charge in [-0.2, -0.15) is 0 Å². The maximum Gasteiger partial charge on any atom is 0.234 e. The Kier molecular flexibility index (Phi) is 4.02. The minimum absolute atomic E-state index is 0.108. The predicted octanol–water partition coefficient (Wildman–Crippen LogP) is 2.13. The van der Waals surface area contributed by atoms with Crippen LogP contribution in [0.3, 0.4) is 0 Å². The van der Waals surface area contributed by atoms with E-state index in [0.29, 0.717) is 12.6 Å². The average Bonchev–Trinajstić information content (AvgIpc) is 2.71. The number of nitrogens with zero attached hydrogens (tertiary/aromatic N) is 1. The number of nitrogens with one attached hydrogen (secondary N) is 1. The second kappa shape index (κ2) is 5.53. The number of hydrogen-bond acceptors (Lipinski definition) is 2. The van der Waals surface area contributed by atoms with E-state index in [1.807, 2.05) is 20.9 Å². The number of benzene rings is 1. The van der Waals surface area contributed by atoms with E-state index in [1.54, 1.807) is 0 Å². The van der Waals surface area contributed by atoms with Crippen molar-refractivity contribution in [2.75, 3.05) is 13.6 Å². The lowest BCUT2D eigenvalue weighted by Gasteiger charge is -2.25. The van der Waals surface area contributed by atoms with Gasteiger partial charge in [0, 0.05) is 12.1 Å². The Balaban J connectivity index is 1.99. The number of hydrogen-bond donors (Lipinski definition) is 1. The molecule has 1 aromatic rings. The monoisotopic (exact) mass is 246 g/mol. The summed E-state index contributed by atoms with van der Waals surface area (Å²) in [6.45, 7) is 4.45. The minimum atomic E-state index is 0.108. The van der Waals surface area contributed by atoms with Crippen LogP contribution >= 0.6 is 0 Å². The van der Waals surface area contributed by atoms with Crippen molar-refractivity contribution in [3.05, 3.63) is 35.4 Å². The van der Waals surface area contributed by atoms with Crippen LogP contribution in [0, 0.1) is 0 Å². The molecule has 98 valence electrons. The Bertz CT molecular complexity index is 428. The van der Waals surface area contributed by atoms with Gasteiger partial charge in [0.15, 0.2) is 0 Å². The van der Waals surface area contributed by atoms with Gasteiger partial charge in [0.25, 0.3) is 0 Å². The number of aryl methyl sites for hydroxylation is 1. The first-order valence-electron chi connectivity index (χ1n) is 6.65. The number of fused-ring (bicyclic) bond motifs is 1. The number of likely N-dealkylation sites (N-methyl/N-ethyl adjacent to an activating group) is 1. The molecule has 1 amide bonds. The van der Waals surface area contributed by atoms with E-state index in [1.165, 1.54) is 11.1 Å². The smallest absolute Gasteiger partial charge is 0.234 e. The molecule has 0 heterocycles. The summed E-state index contributed by atoms with van der Waals surface area (Å²) in [7, 11) is 2.03. The molecule has 0 aliphatic heterocycles. The van der Waals surface area contributed by atoms with Gasteiger partial charge in [0.2, 0.25) is 5.91 Å². The lowest BCUT2D eigenvalue weighted by atomic mass is 10.1. The zero-order chi connectivity index (χ0) is 13.1. The highest BCUT2D eigenvalue weighted by atomic mass is 16.2. The fourth-order valence-corrected chi connectivity index (χ4v) is 2.70. The fourth-order valence-electron chi connectivity index (χ4n) is 2.70. The Hall–Kier alpha value is -1.35. The maximum atomic E-state index is 11.8. The van der Waals surface area contributed by atoms with Crippen molar-refractivity contribution in [1.82, 2.24) is 10.2 Å². The third-order valence-electron chi connectivity index (χ3n) is 3.48. The van der Waals surface area contributed by atoms with Crippen LogP contribution in [-0.4, -0.2) is 30.4 Å². The molecule has 2 rings (SSSR count). The van der Waals surface area contributed by atoms with E-state index in [4.69, 9.17) is 0 Å². The molecule has 0 bridgehead atoms. The first-order valence-corrected chi connectivity index (χ1v) is 6.65. The summed E-state index contributed by atoms with van der Waals surface area (Å²) in [4.78, 5) is 13.9. The summed E-state index contributed by atoms with van der Waals surface area (Å²) in [6.07, 6.45) is 2.24. The molecule has 1 atom stereocenters. The topological polar surface area (TPSA) is 32.3 Å². The first kappa shape index (κ1) is 13.1. The van der Waals surface area contributed by atoms with Crippen LogP contribution in [-0.2, 0) is 11.2 Å². The molecule has 0 fully saturated rings. The van der Waals surface area contributed by atoms with Gasteiger partial charge >= 0.3 is 0 Å². The standard InChI is InChI=1S/C15H22N2O/c1-11(2)16-15(18)10-17(3)14-9-8-12-6-4-5-7-13(12)14/h4-7,11,14H,8-10H2,1-3H3,(H,16,18)/t14-/m0/s1. The fraction of sp³-hybridized carbons (Fsp3) is 0.533. The van der Waals surface area contributed by atoms with Crippen LogP contribution < -0.4 is 5.32 Å². The molecule has 3 heteroatoms. The number of rotatable bonds is 4. The van der Waals surface area contributed by atoms with E-state index in [-0.39, 0.29) is 11.9 Å². The van der Waals surface area contributed by atoms with E-state index >= 15 is 0 Å². The SMILES string of the molecule is CC(C)NC(=O)CN(C)[C@H]1CCc2ccccc21. The van der Waals surface area contributed by atoms with Gasteiger partial charge in [-0.05, 0) is 44.9 Å². The first-order chi connectivity index (χ1) is 8.58. The average molecular weight is 246 g/mol. The van der Waals surface area contributed by atoms with Gasteiger partial charge in [0.1, 0.15) is 0 Å². The summed E-state index contributed by atoms with van der Waals surface area (Å²) in [5.41, 5.74) is 2.82. The van der Waals surface area contributed by atoms with E-state index in [0.717, 1.165) is 12.8 Å². The quantitative estimate of drug-likeness (QED) is 0.882. The van der Waals surface area contributed by atoms with E-state index < -0.39 is 0 Å². The third-order valence-corrected chi connectivity index (χ3v) is 3.48. The van der Waals surface area contributed by atoms with Crippen molar-refractivity contribution in [2.24, 2.45) is 0 Å². The van der Waals surface area contributed by atoms with Gasteiger partial charge in [-0.3, -0.25) is 9.69 Å². The lowest BCUT2D eigenvalue weighted by Crippen LogP contribution is -2.39. The number of amides is 1. The molecule has 18 heavy (non-hydrogen) atoms. The lowest BCUT2D eigenvalue weighted by molar-refractivity contribution is -0.122. The van der Waals surface area contributed by atoms with Gasteiger partial charge in [-0.25, -0.2) is 0 Å². The van der Waals surface area contributed by atoms with Crippen LogP contribution in [0.5, 0.6) is 0 Å². The number of carbonyl (C=O) groups excluding carboxylic acids is 1. The van der Waals surface area contributed by atoms with Gasteiger partial charge in [-0.15, -0.1) is 0 Å². The Morgan fingerprint density at radius 1 is 1.44 bits per heavy atom. The Morgan fingerprint density at radius 3 is 2.89 bits per heavy atom. The van der Waals surface area contributed by atoms with Crippen molar-refractivity contribution < 1.29 is 4.79 Å².